The molecular weight excluding hydrogens is 242 g/mol. The molecule has 2 aliphatic rings. The molecule has 5 heteroatoms. The highest BCUT2D eigenvalue weighted by Crippen LogP contribution is 2.43. The third-order valence-electron chi connectivity index (χ3n) is 4.02. The first-order valence-corrected chi connectivity index (χ1v) is 6.52. The van der Waals surface area contributed by atoms with Gasteiger partial charge in [0, 0.05) is 6.54 Å². The van der Waals surface area contributed by atoms with E-state index in [2.05, 4.69) is 5.32 Å². The molecule has 3 N–H and O–H groups in total. The zero-order chi connectivity index (χ0) is 13.6. The summed E-state index contributed by atoms with van der Waals surface area (Å²) < 4.78 is 0. The number of nitrogens with one attached hydrogen (secondary N) is 1. The van der Waals surface area contributed by atoms with Gasteiger partial charge in [0.2, 0.25) is 0 Å². The molecule has 0 bridgehead atoms. The largest absolute Gasteiger partial charge is 0.329 e. The molecule has 5 nitrogen and oxygen atoms in total. The van der Waals surface area contributed by atoms with Crippen molar-refractivity contribution in [1.82, 2.24) is 5.32 Å². The average molecular weight is 259 g/mol. The van der Waals surface area contributed by atoms with Crippen molar-refractivity contribution in [2.75, 3.05) is 4.90 Å². The monoisotopic (exact) mass is 259 g/mol. The number of hydrogen-bond donors (Lipinski definition) is 2. The normalized spacial score (nSPS) is 26.7. The third kappa shape index (κ3) is 1.81. The lowest BCUT2D eigenvalue weighted by Crippen LogP contribution is -2.46. The number of hydrogen-bond acceptors (Lipinski definition) is 3. The number of urea groups is 1. The standard InChI is InChI=1S/C14H17N3O2/c1-14(10-5-6-10)12(18)17(13(19)16-14)11-4-2-3-9(7-11)8-15/h2-4,7,10H,5-6,8,15H2,1H3,(H,16,19)/t14-/m1/s1. The van der Waals surface area contributed by atoms with Gasteiger partial charge in [-0.1, -0.05) is 12.1 Å². The first kappa shape index (κ1) is 12.2. The zero-order valence-corrected chi connectivity index (χ0v) is 10.8. The molecule has 0 aromatic heterocycles. The van der Waals surface area contributed by atoms with Crippen LogP contribution in [-0.2, 0) is 11.3 Å². The quantitative estimate of drug-likeness (QED) is 0.805. The zero-order valence-electron chi connectivity index (χ0n) is 10.8. The number of rotatable bonds is 3. The van der Waals surface area contributed by atoms with E-state index in [0.717, 1.165) is 18.4 Å². The maximum Gasteiger partial charge on any atom is 0.329 e. The Balaban J connectivity index is 1.96. The predicted molar refractivity (Wildman–Crippen MR) is 71.5 cm³/mol. The van der Waals surface area contributed by atoms with Gasteiger partial charge in [-0.2, -0.15) is 0 Å². The van der Waals surface area contributed by atoms with Gasteiger partial charge in [0.1, 0.15) is 5.54 Å². The minimum absolute atomic E-state index is 0.158. The highest BCUT2D eigenvalue weighted by molar-refractivity contribution is 6.23. The fraction of sp³-hybridized carbons (Fsp3) is 0.429. The van der Waals surface area contributed by atoms with Crippen molar-refractivity contribution in [3.63, 3.8) is 0 Å². The number of amides is 3. The van der Waals surface area contributed by atoms with Gasteiger partial charge in [-0.25, -0.2) is 9.69 Å². The molecule has 100 valence electrons. The van der Waals surface area contributed by atoms with Crippen LogP contribution in [0.1, 0.15) is 25.3 Å². The van der Waals surface area contributed by atoms with Gasteiger partial charge in [0.25, 0.3) is 5.91 Å². The summed E-state index contributed by atoms with van der Waals surface area (Å²) in [5, 5.41) is 2.83. The van der Waals surface area contributed by atoms with Crippen LogP contribution in [0.15, 0.2) is 24.3 Å². The van der Waals surface area contributed by atoms with Crippen LogP contribution in [-0.4, -0.2) is 17.5 Å². The number of imide groups is 1. The molecule has 0 radical (unpaired) electrons. The molecular formula is C14H17N3O2. The minimum Gasteiger partial charge on any atom is -0.326 e. The van der Waals surface area contributed by atoms with Gasteiger partial charge < -0.3 is 11.1 Å². The van der Waals surface area contributed by atoms with Crippen molar-refractivity contribution in [1.29, 1.82) is 0 Å². The number of benzene rings is 1. The molecule has 0 spiro atoms. The lowest BCUT2D eigenvalue weighted by Gasteiger charge is -2.21. The first-order chi connectivity index (χ1) is 9.06. The number of anilines is 1. The van der Waals surface area contributed by atoms with E-state index in [9.17, 15) is 9.59 Å². The van der Waals surface area contributed by atoms with Crippen LogP contribution in [0.4, 0.5) is 10.5 Å². The Morgan fingerprint density at radius 1 is 1.42 bits per heavy atom. The molecule has 3 rings (SSSR count). The van der Waals surface area contributed by atoms with Crippen molar-refractivity contribution < 1.29 is 9.59 Å². The molecule has 19 heavy (non-hydrogen) atoms. The van der Waals surface area contributed by atoms with Crippen molar-refractivity contribution in [2.24, 2.45) is 11.7 Å². The van der Waals surface area contributed by atoms with Gasteiger partial charge >= 0.3 is 6.03 Å². The summed E-state index contributed by atoms with van der Waals surface area (Å²) in [6, 6.07) is 6.90. The van der Waals surface area contributed by atoms with E-state index in [0.29, 0.717) is 12.2 Å². The number of nitrogens with two attached hydrogens (primary N) is 1. The summed E-state index contributed by atoms with van der Waals surface area (Å²) in [7, 11) is 0. The van der Waals surface area contributed by atoms with E-state index < -0.39 is 5.54 Å². The van der Waals surface area contributed by atoms with E-state index in [4.69, 9.17) is 5.73 Å². The van der Waals surface area contributed by atoms with Crippen LogP contribution < -0.4 is 16.0 Å². The lowest BCUT2D eigenvalue weighted by molar-refractivity contribution is -0.122. The Hall–Kier alpha value is -1.88. The molecule has 2 fully saturated rings. The van der Waals surface area contributed by atoms with Crippen LogP contribution in [0.25, 0.3) is 0 Å². The minimum atomic E-state index is -0.740. The van der Waals surface area contributed by atoms with Crippen LogP contribution in [0.3, 0.4) is 0 Å². The average Bonchev–Trinajstić information content (AvgIpc) is 3.20. The van der Waals surface area contributed by atoms with Crippen molar-refractivity contribution in [3.8, 4) is 0 Å². The Morgan fingerprint density at radius 3 is 2.79 bits per heavy atom. The van der Waals surface area contributed by atoms with Gasteiger partial charge in [0.05, 0.1) is 5.69 Å². The summed E-state index contributed by atoms with van der Waals surface area (Å²) in [5.41, 5.74) is 6.35. The highest BCUT2D eigenvalue weighted by atomic mass is 16.2. The van der Waals surface area contributed by atoms with Crippen molar-refractivity contribution in [2.45, 2.75) is 31.8 Å². The number of carbonyl (C=O) groups excluding carboxylic acids is 2. The fourth-order valence-electron chi connectivity index (χ4n) is 2.65. The molecule has 0 unspecified atom stereocenters. The van der Waals surface area contributed by atoms with E-state index in [-0.39, 0.29) is 17.9 Å². The summed E-state index contributed by atoms with van der Waals surface area (Å²) in [6.45, 7) is 2.20. The van der Waals surface area contributed by atoms with Gasteiger partial charge in [-0.15, -0.1) is 0 Å². The number of nitrogens with zero attached hydrogens (tertiary/aromatic N) is 1. The second kappa shape index (κ2) is 4.06. The van der Waals surface area contributed by atoms with E-state index in [1.807, 2.05) is 19.1 Å². The van der Waals surface area contributed by atoms with E-state index >= 15 is 0 Å². The Kier molecular flexibility index (Phi) is 2.60. The Morgan fingerprint density at radius 2 is 2.16 bits per heavy atom. The lowest BCUT2D eigenvalue weighted by atomic mass is 9.96. The van der Waals surface area contributed by atoms with Gasteiger partial charge in [-0.3, -0.25) is 4.79 Å². The van der Waals surface area contributed by atoms with Crippen LogP contribution in [0, 0.1) is 5.92 Å². The third-order valence-corrected chi connectivity index (χ3v) is 4.02. The molecule has 1 atom stereocenters. The molecule has 1 aromatic rings. The highest BCUT2D eigenvalue weighted by Gasteiger charge is 2.56. The maximum atomic E-state index is 12.5. The van der Waals surface area contributed by atoms with Crippen LogP contribution in [0.2, 0.25) is 0 Å². The predicted octanol–water partition coefficient (Wildman–Crippen LogP) is 1.37. The Bertz CT molecular complexity index is 553. The topological polar surface area (TPSA) is 75.4 Å². The summed E-state index contributed by atoms with van der Waals surface area (Å²) in [6.07, 6.45) is 2.00. The van der Waals surface area contributed by atoms with Crippen molar-refractivity contribution in [3.05, 3.63) is 29.8 Å². The van der Waals surface area contributed by atoms with Gasteiger partial charge in [-0.05, 0) is 43.4 Å². The van der Waals surface area contributed by atoms with Crippen LogP contribution >= 0.6 is 0 Å². The Labute approximate surface area is 111 Å². The second-order valence-corrected chi connectivity index (χ2v) is 5.42. The molecule has 1 aliphatic heterocycles. The van der Waals surface area contributed by atoms with Gasteiger partial charge in [0.15, 0.2) is 0 Å². The summed E-state index contributed by atoms with van der Waals surface area (Å²) >= 11 is 0. The van der Waals surface area contributed by atoms with E-state index in [1.54, 1.807) is 12.1 Å². The fourth-order valence-corrected chi connectivity index (χ4v) is 2.65. The molecule has 1 saturated carbocycles. The van der Waals surface area contributed by atoms with Crippen molar-refractivity contribution >= 4 is 17.6 Å². The molecule has 3 amide bonds. The molecule has 1 aliphatic carbocycles. The summed E-state index contributed by atoms with van der Waals surface area (Å²) in [4.78, 5) is 25.9. The molecule has 1 saturated heterocycles. The first-order valence-electron chi connectivity index (χ1n) is 6.52. The smallest absolute Gasteiger partial charge is 0.326 e. The molecule has 1 heterocycles. The SMILES string of the molecule is C[C@]1(C2CC2)NC(=O)N(c2cccc(CN)c2)C1=O. The summed E-state index contributed by atoms with van der Waals surface area (Å²) in [5.74, 6) is 0.112. The van der Waals surface area contributed by atoms with Crippen LogP contribution in [0.5, 0.6) is 0 Å². The molecule has 1 aromatic carbocycles. The second-order valence-electron chi connectivity index (χ2n) is 5.42. The maximum absolute atomic E-state index is 12.5. The number of carbonyl (C=O) groups is 2. The van der Waals surface area contributed by atoms with E-state index in [1.165, 1.54) is 4.90 Å².